The Bertz CT molecular complexity index is 1060. The van der Waals surface area contributed by atoms with Crippen molar-refractivity contribution in [3.63, 3.8) is 0 Å². The zero-order valence-corrected chi connectivity index (χ0v) is 13.2. The fourth-order valence-electron chi connectivity index (χ4n) is 2.87. The molecule has 4 rings (SSSR count). The monoisotopic (exact) mass is 313 g/mol. The molecule has 0 spiro atoms. The number of carbonyl (C=O) groups is 1. The first kappa shape index (κ1) is 14.4. The number of hydrogen-bond acceptors (Lipinski definition) is 3. The largest absolute Gasteiger partial charge is 0.423 e. The number of fused-ring (bicyclic) bond motifs is 2. The van der Waals surface area contributed by atoms with Gasteiger partial charge in [0.05, 0.1) is 16.6 Å². The van der Waals surface area contributed by atoms with Crippen molar-refractivity contribution in [2.75, 3.05) is 0 Å². The van der Waals surface area contributed by atoms with Crippen LogP contribution in [-0.4, -0.2) is 11.0 Å². The maximum absolute atomic E-state index is 12.9. The minimum atomic E-state index is -0.365. The molecule has 0 aliphatic heterocycles. The van der Waals surface area contributed by atoms with Gasteiger partial charge in [0.25, 0.3) is 0 Å². The van der Waals surface area contributed by atoms with Gasteiger partial charge in [0, 0.05) is 10.8 Å². The molecule has 3 nitrogen and oxygen atoms in total. The van der Waals surface area contributed by atoms with Crippen molar-refractivity contribution in [1.82, 2.24) is 4.98 Å². The summed E-state index contributed by atoms with van der Waals surface area (Å²) in [6, 6.07) is 22.7. The first-order valence-corrected chi connectivity index (χ1v) is 7.79. The first-order valence-electron chi connectivity index (χ1n) is 7.79. The highest BCUT2D eigenvalue weighted by Crippen LogP contribution is 2.28. The van der Waals surface area contributed by atoms with Crippen LogP contribution in [0.5, 0.6) is 5.75 Å². The average molecular weight is 313 g/mol. The van der Waals surface area contributed by atoms with Crippen LogP contribution in [0.4, 0.5) is 0 Å². The summed E-state index contributed by atoms with van der Waals surface area (Å²) in [6.45, 7) is 2.00. The highest BCUT2D eigenvalue weighted by atomic mass is 16.5. The maximum atomic E-state index is 12.9. The number of hydrogen-bond donors (Lipinski definition) is 0. The van der Waals surface area contributed by atoms with Crippen molar-refractivity contribution in [2.45, 2.75) is 6.92 Å². The number of ether oxygens (including phenoxy) is 1. The lowest BCUT2D eigenvalue weighted by Gasteiger charge is -2.11. The fourth-order valence-corrected chi connectivity index (χ4v) is 2.87. The quantitative estimate of drug-likeness (QED) is 0.300. The Labute approximate surface area is 139 Å². The number of esters is 1. The minimum Gasteiger partial charge on any atom is -0.423 e. The number of benzene rings is 3. The summed E-state index contributed by atoms with van der Waals surface area (Å²) in [5.74, 6) is 0.166. The highest BCUT2D eigenvalue weighted by molar-refractivity contribution is 6.14. The molecule has 24 heavy (non-hydrogen) atoms. The summed E-state index contributed by atoms with van der Waals surface area (Å²) in [6.07, 6.45) is 0. The molecule has 0 atom stereocenters. The van der Waals surface area contributed by atoms with Crippen LogP contribution in [0, 0.1) is 6.92 Å². The van der Waals surface area contributed by atoms with Gasteiger partial charge in [0.2, 0.25) is 0 Å². The van der Waals surface area contributed by atoms with E-state index >= 15 is 0 Å². The maximum Gasteiger partial charge on any atom is 0.344 e. The molecule has 0 radical (unpaired) electrons. The van der Waals surface area contributed by atoms with Crippen molar-refractivity contribution < 1.29 is 9.53 Å². The van der Waals surface area contributed by atoms with Crippen molar-refractivity contribution in [3.8, 4) is 5.75 Å². The summed E-state index contributed by atoms with van der Waals surface area (Å²) in [7, 11) is 0. The molecule has 0 amide bonds. The minimum absolute atomic E-state index is 0.365. The van der Waals surface area contributed by atoms with Gasteiger partial charge in [-0.1, -0.05) is 48.0 Å². The van der Waals surface area contributed by atoms with Crippen molar-refractivity contribution in [3.05, 3.63) is 83.9 Å². The van der Waals surface area contributed by atoms with Crippen LogP contribution in [0.2, 0.25) is 0 Å². The lowest BCUT2D eigenvalue weighted by molar-refractivity contribution is 0.0739. The van der Waals surface area contributed by atoms with E-state index in [-0.39, 0.29) is 5.97 Å². The predicted molar refractivity (Wildman–Crippen MR) is 95.4 cm³/mol. The third-order valence-electron chi connectivity index (χ3n) is 3.99. The summed E-state index contributed by atoms with van der Waals surface area (Å²) >= 11 is 0. The van der Waals surface area contributed by atoms with Crippen molar-refractivity contribution >= 4 is 27.8 Å². The summed E-state index contributed by atoms with van der Waals surface area (Å²) < 4.78 is 5.59. The van der Waals surface area contributed by atoms with E-state index < -0.39 is 0 Å². The lowest BCUT2D eigenvalue weighted by Crippen LogP contribution is -2.10. The normalized spacial score (nSPS) is 10.9. The van der Waals surface area contributed by atoms with Crippen LogP contribution in [0.25, 0.3) is 21.8 Å². The Morgan fingerprint density at radius 3 is 2.38 bits per heavy atom. The molecule has 1 heterocycles. The van der Waals surface area contributed by atoms with Crippen LogP contribution in [0.15, 0.2) is 72.8 Å². The van der Waals surface area contributed by atoms with E-state index in [4.69, 9.17) is 4.74 Å². The fraction of sp³-hybridized carbons (Fsp3) is 0.0476. The van der Waals surface area contributed by atoms with E-state index in [9.17, 15) is 4.79 Å². The summed E-state index contributed by atoms with van der Waals surface area (Å²) in [5, 5.41) is 1.62. The Hall–Kier alpha value is -3.20. The lowest BCUT2D eigenvalue weighted by atomic mass is 10.0. The van der Waals surface area contributed by atoms with Gasteiger partial charge in [-0.15, -0.1) is 0 Å². The van der Waals surface area contributed by atoms with Crippen LogP contribution >= 0.6 is 0 Å². The number of carbonyl (C=O) groups excluding carboxylic acids is 1. The Morgan fingerprint density at radius 1 is 0.833 bits per heavy atom. The molecule has 0 saturated heterocycles. The summed E-state index contributed by atoms with van der Waals surface area (Å²) in [5.41, 5.74) is 3.21. The number of rotatable bonds is 2. The molecule has 0 aliphatic rings. The van der Waals surface area contributed by atoms with Crippen LogP contribution in [0.1, 0.15) is 15.9 Å². The zero-order valence-electron chi connectivity index (χ0n) is 13.2. The van der Waals surface area contributed by atoms with E-state index in [0.29, 0.717) is 11.3 Å². The molecule has 0 N–H and O–H groups in total. The van der Waals surface area contributed by atoms with Gasteiger partial charge in [-0.25, -0.2) is 9.78 Å². The molecule has 0 unspecified atom stereocenters. The zero-order chi connectivity index (χ0) is 16.5. The topological polar surface area (TPSA) is 39.2 Å². The van der Waals surface area contributed by atoms with E-state index in [1.807, 2.05) is 67.6 Å². The van der Waals surface area contributed by atoms with E-state index in [2.05, 4.69) is 4.98 Å². The second-order valence-electron chi connectivity index (χ2n) is 5.73. The van der Waals surface area contributed by atoms with Gasteiger partial charge >= 0.3 is 5.97 Å². The number of para-hydroxylation sites is 2. The van der Waals surface area contributed by atoms with Gasteiger partial charge in [-0.2, -0.15) is 0 Å². The Balaban J connectivity index is 1.96. The molecule has 0 aliphatic carbocycles. The van der Waals surface area contributed by atoms with Gasteiger partial charge in [0.15, 0.2) is 0 Å². The molecular formula is C21H15NO2. The Morgan fingerprint density at radius 2 is 1.54 bits per heavy atom. The van der Waals surface area contributed by atoms with E-state index in [0.717, 1.165) is 27.4 Å². The first-order chi connectivity index (χ1) is 11.7. The smallest absolute Gasteiger partial charge is 0.344 e. The van der Waals surface area contributed by atoms with Crippen LogP contribution in [0.3, 0.4) is 0 Å². The molecule has 116 valence electrons. The number of nitrogens with zero attached hydrogens (tertiary/aromatic N) is 1. The molecule has 4 aromatic rings. The van der Waals surface area contributed by atoms with E-state index in [1.54, 1.807) is 12.1 Å². The van der Waals surface area contributed by atoms with Crippen molar-refractivity contribution in [2.24, 2.45) is 0 Å². The molecular weight excluding hydrogens is 298 g/mol. The standard InChI is InChI=1S/C21H15NO2/c1-14-11-12-19-17(13-14)20(16-9-5-6-10-18(16)22-19)21(23)24-15-7-3-2-4-8-15/h2-13H,1H3. The SMILES string of the molecule is Cc1ccc2nc3ccccc3c(C(=O)Oc3ccccc3)c2c1. The van der Waals surface area contributed by atoms with E-state index in [1.165, 1.54) is 0 Å². The molecule has 1 aromatic heterocycles. The molecule has 3 aromatic carbocycles. The molecule has 0 saturated carbocycles. The predicted octanol–water partition coefficient (Wildman–Crippen LogP) is 4.92. The van der Waals surface area contributed by atoms with Gasteiger partial charge in [0.1, 0.15) is 5.75 Å². The second kappa shape index (κ2) is 5.78. The van der Waals surface area contributed by atoms with Crippen molar-refractivity contribution in [1.29, 1.82) is 0 Å². The van der Waals surface area contributed by atoms with Gasteiger partial charge < -0.3 is 4.74 Å². The van der Waals surface area contributed by atoms with Crippen LogP contribution in [-0.2, 0) is 0 Å². The van der Waals surface area contributed by atoms with Crippen LogP contribution < -0.4 is 4.74 Å². The third kappa shape index (κ3) is 2.50. The van der Waals surface area contributed by atoms with Gasteiger partial charge in [-0.05, 0) is 37.3 Å². The Kier molecular flexibility index (Phi) is 3.47. The number of pyridine rings is 1. The second-order valence-corrected chi connectivity index (χ2v) is 5.73. The molecule has 0 bridgehead atoms. The number of aromatic nitrogens is 1. The average Bonchev–Trinajstić information content (AvgIpc) is 2.60. The number of aryl methyl sites for hydroxylation is 1. The third-order valence-corrected chi connectivity index (χ3v) is 3.99. The van der Waals surface area contributed by atoms with Gasteiger partial charge in [-0.3, -0.25) is 0 Å². The molecule has 3 heteroatoms. The molecule has 0 fully saturated rings. The highest BCUT2D eigenvalue weighted by Gasteiger charge is 2.18. The summed E-state index contributed by atoms with van der Waals surface area (Å²) in [4.78, 5) is 17.6.